The van der Waals surface area contributed by atoms with E-state index < -0.39 is 15.9 Å². The van der Waals surface area contributed by atoms with Crippen molar-refractivity contribution < 1.29 is 13.2 Å². The van der Waals surface area contributed by atoms with Gasteiger partial charge in [0.25, 0.3) is 15.9 Å². The van der Waals surface area contributed by atoms with E-state index in [0.29, 0.717) is 17.8 Å². The van der Waals surface area contributed by atoms with E-state index in [4.69, 9.17) is 5.73 Å². The van der Waals surface area contributed by atoms with Gasteiger partial charge < -0.3 is 5.73 Å². The van der Waals surface area contributed by atoms with Crippen molar-refractivity contribution in [3.05, 3.63) is 41.7 Å². The summed E-state index contributed by atoms with van der Waals surface area (Å²) in [5.41, 5.74) is 6.77. The standard InChI is InChI=1S/C13H14N4O3S/c1-2-16-7-9(6-15-16)8-17-13(18)11-5-10(14)3-4-12(11)21(17,19)20/h3-7H,2,8,14H2,1H3. The van der Waals surface area contributed by atoms with Gasteiger partial charge in [-0.25, -0.2) is 12.7 Å². The van der Waals surface area contributed by atoms with Gasteiger partial charge in [0.15, 0.2) is 0 Å². The van der Waals surface area contributed by atoms with Crippen molar-refractivity contribution >= 4 is 21.6 Å². The van der Waals surface area contributed by atoms with Crippen molar-refractivity contribution in [2.24, 2.45) is 0 Å². The number of hydrogen-bond donors (Lipinski definition) is 1. The van der Waals surface area contributed by atoms with Gasteiger partial charge in [0.1, 0.15) is 4.90 Å². The Bertz CT molecular complexity index is 826. The molecular weight excluding hydrogens is 292 g/mol. The molecule has 0 aliphatic carbocycles. The Balaban J connectivity index is 1.99. The number of sulfonamides is 1. The van der Waals surface area contributed by atoms with Crippen LogP contribution in [0.5, 0.6) is 0 Å². The molecule has 110 valence electrons. The van der Waals surface area contributed by atoms with Crippen molar-refractivity contribution in [3.63, 3.8) is 0 Å². The number of anilines is 1. The molecule has 21 heavy (non-hydrogen) atoms. The molecule has 0 spiro atoms. The van der Waals surface area contributed by atoms with E-state index in [2.05, 4.69) is 5.10 Å². The number of rotatable bonds is 3. The van der Waals surface area contributed by atoms with Crippen LogP contribution in [0.4, 0.5) is 5.69 Å². The monoisotopic (exact) mass is 306 g/mol. The minimum atomic E-state index is -3.82. The highest BCUT2D eigenvalue weighted by Gasteiger charge is 2.41. The van der Waals surface area contributed by atoms with Crippen LogP contribution in [0, 0.1) is 0 Å². The quantitative estimate of drug-likeness (QED) is 0.847. The molecule has 0 unspecified atom stereocenters. The topological polar surface area (TPSA) is 98.3 Å². The van der Waals surface area contributed by atoms with E-state index in [1.807, 2.05) is 6.92 Å². The number of nitrogen functional groups attached to an aromatic ring is 1. The van der Waals surface area contributed by atoms with Crippen LogP contribution in [0.3, 0.4) is 0 Å². The highest BCUT2D eigenvalue weighted by Crippen LogP contribution is 2.32. The molecule has 2 N–H and O–H groups in total. The molecule has 3 rings (SSSR count). The number of amides is 1. The summed E-state index contributed by atoms with van der Waals surface area (Å²) in [6.45, 7) is 2.57. The number of nitrogens with zero attached hydrogens (tertiary/aromatic N) is 3. The highest BCUT2D eigenvalue weighted by molar-refractivity contribution is 7.90. The summed E-state index contributed by atoms with van der Waals surface area (Å²) < 4.78 is 27.4. The number of aromatic nitrogens is 2. The Morgan fingerprint density at radius 1 is 1.33 bits per heavy atom. The maximum atomic E-state index is 12.4. The van der Waals surface area contributed by atoms with Crippen molar-refractivity contribution in [2.75, 3.05) is 5.73 Å². The summed E-state index contributed by atoms with van der Waals surface area (Å²) in [5, 5.41) is 4.08. The van der Waals surface area contributed by atoms with E-state index in [9.17, 15) is 13.2 Å². The number of carbonyl (C=O) groups excluding carboxylic acids is 1. The molecule has 0 fully saturated rings. The fourth-order valence-corrected chi connectivity index (χ4v) is 3.82. The third-order valence-corrected chi connectivity index (χ3v) is 5.15. The second-order valence-electron chi connectivity index (χ2n) is 4.78. The first-order valence-electron chi connectivity index (χ1n) is 6.41. The zero-order valence-corrected chi connectivity index (χ0v) is 12.2. The SMILES string of the molecule is CCn1cc(CN2C(=O)c3cc(N)ccc3S2(=O)=O)cn1. The molecule has 0 atom stereocenters. The van der Waals surface area contributed by atoms with Gasteiger partial charge in [0.2, 0.25) is 0 Å². The van der Waals surface area contributed by atoms with E-state index in [0.717, 1.165) is 4.31 Å². The van der Waals surface area contributed by atoms with Gasteiger partial charge in [-0.05, 0) is 25.1 Å². The molecule has 1 aliphatic heterocycles. The van der Waals surface area contributed by atoms with Crippen molar-refractivity contribution in [2.45, 2.75) is 24.9 Å². The molecule has 0 radical (unpaired) electrons. The van der Waals surface area contributed by atoms with E-state index in [-0.39, 0.29) is 17.0 Å². The van der Waals surface area contributed by atoms with Crippen LogP contribution < -0.4 is 5.73 Å². The van der Waals surface area contributed by atoms with Crippen LogP contribution in [0.2, 0.25) is 0 Å². The number of hydrogen-bond acceptors (Lipinski definition) is 5. The van der Waals surface area contributed by atoms with Gasteiger partial charge in [0.05, 0.1) is 18.3 Å². The third kappa shape index (κ3) is 2.07. The average molecular weight is 306 g/mol. The van der Waals surface area contributed by atoms with E-state index in [1.165, 1.54) is 18.2 Å². The zero-order chi connectivity index (χ0) is 15.2. The van der Waals surface area contributed by atoms with Gasteiger partial charge in [-0.3, -0.25) is 9.48 Å². The fourth-order valence-electron chi connectivity index (χ4n) is 2.29. The first-order chi connectivity index (χ1) is 9.93. The third-order valence-electron chi connectivity index (χ3n) is 3.37. The Kier molecular flexibility index (Phi) is 2.98. The maximum Gasteiger partial charge on any atom is 0.269 e. The number of fused-ring (bicyclic) bond motifs is 1. The predicted octanol–water partition coefficient (Wildman–Crippen LogP) is 0.830. The number of benzene rings is 1. The summed E-state index contributed by atoms with van der Waals surface area (Å²) in [5.74, 6) is -0.554. The number of aryl methyl sites for hydroxylation is 1. The normalized spacial score (nSPS) is 16.2. The molecule has 1 aliphatic rings. The molecule has 2 aromatic rings. The van der Waals surface area contributed by atoms with Crippen molar-refractivity contribution in [1.29, 1.82) is 0 Å². The highest BCUT2D eigenvalue weighted by atomic mass is 32.2. The maximum absolute atomic E-state index is 12.4. The minimum Gasteiger partial charge on any atom is -0.399 e. The Morgan fingerprint density at radius 3 is 2.76 bits per heavy atom. The summed E-state index contributed by atoms with van der Waals surface area (Å²) >= 11 is 0. The lowest BCUT2D eigenvalue weighted by molar-refractivity contribution is 0.0865. The number of carbonyl (C=O) groups is 1. The molecule has 0 saturated carbocycles. The largest absolute Gasteiger partial charge is 0.399 e. The van der Waals surface area contributed by atoms with Crippen LogP contribution in [0.15, 0.2) is 35.5 Å². The Morgan fingerprint density at radius 2 is 2.10 bits per heavy atom. The molecule has 0 saturated heterocycles. The Labute approximate surface area is 122 Å². The lowest BCUT2D eigenvalue weighted by Gasteiger charge is -2.13. The van der Waals surface area contributed by atoms with Gasteiger partial charge in [0, 0.05) is 24.0 Å². The molecule has 7 nitrogen and oxygen atoms in total. The van der Waals surface area contributed by atoms with E-state index in [1.54, 1.807) is 17.1 Å². The lowest BCUT2D eigenvalue weighted by Crippen LogP contribution is -2.29. The van der Waals surface area contributed by atoms with Gasteiger partial charge in [-0.15, -0.1) is 0 Å². The van der Waals surface area contributed by atoms with Crippen LogP contribution in [-0.2, 0) is 23.1 Å². The van der Waals surface area contributed by atoms with E-state index >= 15 is 0 Å². The second kappa shape index (κ2) is 4.59. The minimum absolute atomic E-state index is 0.00424. The van der Waals surface area contributed by atoms with Crippen LogP contribution in [-0.4, -0.2) is 28.4 Å². The van der Waals surface area contributed by atoms with Gasteiger partial charge in [-0.1, -0.05) is 0 Å². The first kappa shape index (κ1) is 13.6. The average Bonchev–Trinajstić information content (AvgIpc) is 2.97. The fraction of sp³-hybridized carbons (Fsp3) is 0.231. The smallest absolute Gasteiger partial charge is 0.269 e. The van der Waals surface area contributed by atoms with Gasteiger partial charge >= 0.3 is 0 Å². The van der Waals surface area contributed by atoms with Crippen LogP contribution >= 0.6 is 0 Å². The van der Waals surface area contributed by atoms with Crippen LogP contribution in [0.25, 0.3) is 0 Å². The van der Waals surface area contributed by atoms with Gasteiger partial charge in [-0.2, -0.15) is 5.10 Å². The second-order valence-corrected chi connectivity index (χ2v) is 6.61. The predicted molar refractivity (Wildman–Crippen MR) is 75.8 cm³/mol. The molecule has 1 amide bonds. The summed E-state index contributed by atoms with van der Waals surface area (Å²) in [7, 11) is -3.82. The molecule has 1 aromatic heterocycles. The molecular formula is C13H14N4O3S. The Hall–Kier alpha value is -2.35. The molecule has 1 aromatic carbocycles. The lowest BCUT2D eigenvalue weighted by atomic mass is 10.2. The zero-order valence-electron chi connectivity index (χ0n) is 11.4. The summed E-state index contributed by atoms with van der Waals surface area (Å²) in [4.78, 5) is 12.3. The molecule has 2 heterocycles. The molecule has 8 heteroatoms. The molecule has 0 bridgehead atoms. The summed E-state index contributed by atoms with van der Waals surface area (Å²) in [6, 6.07) is 4.24. The van der Waals surface area contributed by atoms with Crippen molar-refractivity contribution in [3.8, 4) is 0 Å². The van der Waals surface area contributed by atoms with Crippen LogP contribution in [0.1, 0.15) is 22.8 Å². The first-order valence-corrected chi connectivity index (χ1v) is 7.85. The van der Waals surface area contributed by atoms with Crippen molar-refractivity contribution in [1.82, 2.24) is 14.1 Å². The number of nitrogens with two attached hydrogens (primary N) is 1. The summed E-state index contributed by atoms with van der Waals surface area (Å²) in [6.07, 6.45) is 3.28.